The first-order chi connectivity index (χ1) is 9.47. The maximum absolute atomic E-state index is 12.2. The van der Waals surface area contributed by atoms with Crippen LogP contribution >= 0.6 is 15.9 Å². The number of rotatable bonds is 2. The summed E-state index contributed by atoms with van der Waals surface area (Å²) in [5.74, 6) is 0.267. The van der Waals surface area contributed by atoms with Gasteiger partial charge in [0.2, 0.25) is 0 Å². The zero-order chi connectivity index (χ0) is 14.3. The Balaban J connectivity index is 1.99. The number of hydrogen-bond donors (Lipinski definition) is 2. The third kappa shape index (κ3) is 2.44. The summed E-state index contributed by atoms with van der Waals surface area (Å²) in [5.41, 5.74) is 2.05. The molecule has 0 bridgehead atoms. The quantitative estimate of drug-likeness (QED) is 0.807. The van der Waals surface area contributed by atoms with Gasteiger partial charge in [0.25, 0.3) is 0 Å². The number of nitrogens with one attached hydrogen (secondary N) is 2. The fourth-order valence-corrected chi connectivity index (χ4v) is 6.24. The largest absolute Gasteiger partial charge is 0.323 e. The molecule has 1 aromatic heterocycles. The van der Waals surface area contributed by atoms with E-state index in [4.69, 9.17) is 0 Å². The van der Waals surface area contributed by atoms with E-state index in [1.54, 1.807) is 6.07 Å². The maximum atomic E-state index is 12.2. The predicted octanol–water partition coefficient (Wildman–Crippen LogP) is 2.26. The van der Waals surface area contributed by atoms with E-state index in [0.29, 0.717) is 11.9 Å². The third-order valence-corrected chi connectivity index (χ3v) is 7.62. The van der Waals surface area contributed by atoms with Gasteiger partial charge in [0.05, 0.1) is 26.9 Å². The number of hydrogen-bond acceptors (Lipinski definition) is 3. The van der Waals surface area contributed by atoms with Crippen LogP contribution in [-0.4, -0.2) is 29.4 Å². The molecule has 0 radical (unpaired) electrons. The molecule has 1 saturated heterocycles. The number of halogens is 1. The summed E-state index contributed by atoms with van der Waals surface area (Å²) in [6, 6.07) is 5.48. The monoisotopic (exact) mass is 358 g/mol. The van der Waals surface area contributed by atoms with Crippen molar-refractivity contribution in [3.63, 3.8) is 0 Å². The van der Waals surface area contributed by atoms with Crippen molar-refractivity contribution in [2.24, 2.45) is 0 Å². The van der Waals surface area contributed by atoms with E-state index in [9.17, 15) is 13.2 Å². The van der Waals surface area contributed by atoms with Crippen LogP contribution in [0.2, 0.25) is 0 Å². The fourth-order valence-electron chi connectivity index (χ4n) is 2.74. The van der Waals surface area contributed by atoms with Gasteiger partial charge < -0.3 is 9.97 Å². The molecule has 5 nitrogen and oxygen atoms in total. The van der Waals surface area contributed by atoms with Crippen molar-refractivity contribution >= 4 is 36.8 Å². The van der Waals surface area contributed by atoms with Crippen molar-refractivity contribution in [2.45, 2.75) is 29.3 Å². The molecule has 0 saturated carbocycles. The average Bonchev–Trinajstić information content (AvgIpc) is 2.76. The zero-order valence-corrected chi connectivity index (χ0v) is 13.1. The highest BCUT2D eigenvalue weighted by molar-refractivity contribution is 9.09. The van der Waals surface area contributed by atoms with Gasteiger partial charge in [0, 0.05) is 0 Å². The second kappa shape index (κ2) is 5.04. The Morgan fingerprint density at radius 1 is 1.20 bits per heavy atom. The molecule has 7 heteroatoms. The molecule has 2 N–H and O–H groups in total. The topological polar surface area (TPSA) is 82.8 Å². The third-order valence-electron chi connectivity index (χ3n) is 3.81. The molecule has 1 aliphatic rings. The Bertz CT molecular complexity index is 793. The summed E-state index contributed by atoms with van der Waals surface area (Å²) in [6.45, 7) is 0. The van der Waals surface area contributed by atoms with E-state index < -0.39 is 9.84 Å². The van der Waals surface area contributed by atoms with Crippen LogP contribution in [0.25, 0.3) is 11.0 Å². The minimum absolute atomic E-state index is 0.240. The zero-order valence-electron chi connectivity index (χ0n) is 10.7. The Morgan fingerprint density at radius 2 is 1.95 bits per heavy atom. The molecule has 20 heavy (non-hydrogen) atoms. The summed E-state index contributed by atoms with van der Waals surface area (Å²) in [4.78, 5) is 16.4. The van der Waals surface area contributed by atoms with Crippen LogP contribution < -0.4 is 5.69 Å². The number of imidazole rings is 1. The van der Waals surface area contributed by atoms with Gasteiger partial charge >= 0.3 is 5.69 Å². The van der Waals surface area contributed by atoms with Gasteiger partial charge in [-0.3, -0.25) is 0 Å². The summed E-state index contributed by atoms with van der Waals surface area (Å²) < 4.78 is 24.3. The highest BCUT2D eigenvalue weighted by atomic mass is 79.9. The Morgan fingerprint density at radius 3 is 2.70 bits per heavy atom. The number of benzene rings is 1. The fraction of sp³-hybridized carbons (Fsp3) is 0.462. The van der Waals surface area contributed by atoms with Crippen LogP contribution in [0.4, 0.5) is 0 Å². The molecule has 1 aliphatic heterocycles. The van der Waals surface area contributed by atoms with Crippen LogP contribution in [0.15, 0.2) is 23.0 Å². The minimum Gasteiger partial charge on any atom is -0.306 e. The lowest BCUT2D eigenvalue weighted by atomic mass is 10.0. The minimum atomic E-state index is -3.05. The van der Waals surface area contributed by atoms with Gasteiger partial charge in [-0.15, -0.1) is 0 Å². The Labute approximate surface area is 124 Å². The number of alkyl halides is 1. The molecule has 108 valence electrons. The van der Waals surface area contributed by atoms with Gasteiger partial charge in [0.1, 0.15) is 0 Å². The van der Waals surface area contributed by atoms with Crippen molar-refractivity contribution in [2.75, 3.05) is 5.75 Å². The van der Waals surface area contributed by atoms with Gasteiger partial charge in [-0.1, -0.05) is 28.4 Å². The number of aromatic amines is 2. The first kappa shape index (κ1) is 13.9. The second-order valence-electron chi connectivity index (χ2n) is 5.19. The normalized spacial score (nSPS) is 23.8. The SMILES string of the molecule is O=c1[nH]c2ccc(C(Br)C3CCCCS3(=O)=O)cc2[nH]1. The van der Waals surface area contributed by atoms with Gasteiger partial charge in [0.15, 0.2) is 9.84 Å². The van der Waals surface area contributed by atoms with Crippen LogP contribution in [0, 0.1) is 0 Å². The lowest BCUT2D eigenvalue weighted by molar-refractivity contribution is 0.537. The Kier molecular flexibility index (Phi) is 3.50. The lowest BCUT2D eigenvalue weighted by Crippen LogP contribution is -2.31. The number of sulfone groups is 1. The molecule has 2 unspecified atom stereocenters. The predicted molar refractivity (Wildman–Crippen MR) is 82.0 cm³/mol. The standard InChI is InChI=1S/C13H15BrN2O3S/c14-12(11-3-1-2-6-20(11,18)19)8-4-5-9-10(7-8)16-13(17)15-9/h4-5,7,11-12H,1-3,6H2,(H2,15,16,17). The van der Waals surface area contributed by atoms with Crippen molar-refractivity contribution in [1.29, 1.82) is 0 Å². The van der Waals surface area contributed by atoms with E-state index in [-0.39, 0.29) is 21.5 Å². The molecular formula is C13H15BrN2O3S. The second-order valence-corrected chi connectivity index (χ2v) is 8.51. The summed E-state index contributed by atoms with van der Waals surface area (Å²) in [5, 5.41) is -0.389. The first-order valence-electron chi connectivity index (χ1n) is 6.55. The van der Waals surface area contributed by atoms with E-state index in [1.807, 2.05) is 12.1 Å². The van der Waals surface area contributed by atoms with Crippen molar-refractivity contribution in [3.8, 4) is 0 Å². The van der Waals surface area contributed by atoms with Gasteiger partial charge in [-0.2, -0.15) is 0 Å². The van der Waals surface area contributed by atoms with Gasteiger partial charge in [-0.25, -0.2) is 13.2 Å². The van der Waals surface area contributed by atoms with Crippen LogP contribution in [0.3, 0.4) is 0 Å². The van der Waals surface area contributed by atoms with E-state index in [0.717, 1.165) is 23.9 Å². The lowest BCUT2D eigenvalue weighted by Gasteiger charge is -2.26. The number of fused-ring (bicyclic) bond motifs is 1. The van der Waals surface area contributed by atoms with Crippen LogP contribution in [0.5, 0.6) is 0 Å². The maximum Gasteiger partial charge on any atom is 0.323 e. The van der Waals surface area contributed by atoms with Crippen LogP contribution in [0.1, 0.15) is 29.7 Å². The molecule has 1 aromatic carbocycles. The number of H-pyrrole nitrogens is 2. The van der Waals surface area contributed by atoms with Crippen molar-refractivity contribution in [1.82, 2.24) is 9.97 Å². The number of aromatic nitrogens is 2. The Hall–Kier alpha value is -1.08. The molecule has 0 spiro atoms. The molecule has 3 rings (SSSR count). The summed E-state index contributed by atoms with van der Waals surface area (Å²) in [7, 11) is -3.05. The summed E-state index contributed by atoms with van der Waals surface area (Å²) in [6.07, 6.45) is 2.37. The molecule has 0 amide bonds. The summed E-state index contributed by atoms with van der Waals surface area (Å²) >= 11 is 3.53. The van der Waals surface area contributed by atoms with Gasteiger partial charge in [-0.05, 0) is 30.5 Å². The molecule has 2 aromatic rings. The van der Waals surface area contributed by atoms with Crippen LogP contribution in [-0.2, 0) is 9.84 Å². The van der Waals surface area contributed by atoms with E-state index in [2.05, 4.69) is 25.9 Å². The highest BCUT2D eigenvalue weighted by Gasteiger charge is 2.35. The van der Waals surface area contributed by atoms with Crippen molar-refractivity contribution < 1.29 is 8.42 Å². The van der Waals surface area contributed by atoms with E-state index >= 15 is 0 Å². The smallest absolute Gasteiger partial charge is 0.306 e. The molecule has 2 atom stereocenters. The molecular weight excluding hydrogens is 344 g/mol. The van der Waals surface area contributed by atoms with Crippen molar-refractivity contribution in [3.05, 3.63) is 34.2 Å². The molecule has 2 heterocycles. The molecule has 0 aliphatic carbocycles. The first-order valence-corrected chi connectivity index (χ1v) is 9.18. The van der Waals surface area contributed by atoms with E-state index in [1.165, 1.54) is 0 Å². The average molecular weight is 359 g/mol. The molecule has 1 fully saturated rings. The highest BCUT2D eigenvalue weighted by Crippen LogP contribution is 2.37.